The summed E-state index contributed by atoms with van der Waals surface area (Å²) in [4.78, 5) is 13.2. The van der Waals surface area contributed by atoms with Gasteiger partial charge in [-0.3, -0.25) is 0 Å². The molecule has 5 heteroatoms. The molecule has 0 radical (unpaired) electrons. The summed E-state index contributed by atoms with van der Waals surface area (Å²) in [5.41, 5.74) is 2.11. The molecule has 0 amide bonds. The Balaban J connectivity index is 1.90. The number of esters is 1. The Kier molecular flexibility index (Phi) is 4.80. The topological polar surface area (TPSA) is 50.8 Å². The fourth-order valence-electron chi connectivity index (χ4n) is 1.86. The quantitative estimate of drug-likeness (QED) is 0.660. The van der Waals surface area contributed by atoms with E-state index < -0.39 is 0 Å². The summed E-state index contributed by atoms with van der Waals surface area (Å²) in [6.07, 6.45) is 2.91. The molecule has 1 aromatic rings. The SMILES string of the molecule is COC(=O)/C=C/Nc1ccc(N2CCOCC2)cc1. The number of nitrogens with zero attached hydrogens (tertiary/aromatic N) is 1. The highest BCUT2D eigenvalue weighted by Gasteiger charge is 2.10. The largest absolute Gasteiger partial charge is 0.466 e. The van der Waals surface area contributed by atoms with Gasteiger partial charge < -0.3 is 19.7 Å². The van der Waals surface area contributed by atoms with Crippen molar-refractivity contribution in [2.45, 2.75) is 0 Å². The fourth-order valence-corrected chi connectivity index (χ4v) is 1.86. The zero-order valence-corrected chi connectivity index (χ0v) is 11.0. The number of methoxy groups -OCH3 is 1. The Morgan fingerprint density at radius 3 is 2.63 bits per heavy atom. The highest BCUT2D eigenvalue weighted by Crippen LogP contribution is 2.18. The molecule has 1 aliphatic rings. The second-order valence-corrected chi connectivity index (χ2v) is 4.15. The number of hydrogen-bond acceptors (Lipinski definition) is 5. The van der Waals surface area contributed by atoms with Crippen LogP contribution in [0.5, 0.6) is 0 Å². The number of anilines is 2. The first kappa shape index (κ1) is 13.4. The summed E-state index contributed by atoms with van der Waals surface area (Å²) in [6.45, 7) is 3.41. The molecule has 102 valence electrons. The van der Waals surface area contributed by atoms with E-state index >= 15 is 0 Å². The maximum Gasteiger partial charge on any atom is 0.331 e. The van der Waals surface area contributed by atoms with Gasteiger partial charge in [0.1, 0.15) is 0 Å². The molecule has 1 aliphatic heterocycles. The number of rotatable bonds is 4. The van der Waals surface area contributed by atoms with Gasteiger partial charge in [0.05, 0.1) is 20.3 Å². The van der Waals surface area contributed by atoms with Crippen molar-refractivity contribution >= 4 is 17.3 Å². The molecule has 1 N–H and O–H groups in total. The molecule has 0 aliphatic carbocycles. The van der Waals surface area contributed by atoms with Crippen molar-refractivity contribution in [3.8, 4) is 0 Å². The van der Waals surface area contributed by atoms with Gasteiger partial charge in [-0.15, -0.1) is 0 Å². The predicted octanol–water partition coefficient (Wildman–Crippen LogP) is 1.62. The van der Waals surface area contributed by atoms with Crippen molar-refractivity contribution < 1.29 is 14.3 Å². The van der Waals surface area contributed by atoms with E-state index in [1.807, 2.05) is 12.1 Å². The number of benzene rings is 1. The van der Waals surface area contributed by atoms with Crippen LogP contribution in [0.1, 0.15) is 0 Å². The van der Waals surface area contributed by atoms with Crippen LogP contribution in [0.3, 0.4) is 0 Å². The van der Waals surface area contributed by atoms with Crippen LogP contribution in [-0.2, 0) is 14.3 Å². The van der Waals surface area contributed by atoms with E-state index in [4.69, 9.17) is 4.74 Å². The van der Waals surface area contributed by atoms with Crippen LogP contribution < -0.4 is 10.2 Å². The normalized spacial score (nSPS) is 15.5. The van der Waals surface area contributed by atoms with Crippen molar-refractivity contribution in [3.05, 3.63) is 36.5 Å². The van der Waals surface area contributed by atoms with E-state index in [2.05, 4.69) is 27.1 Å². The van der Waals surface area contributed by atoms with Gasteiger partial charge in [0, 0.05) is 36.7 Å². The number of carbonyl (C=O) groups excluding carboxylic acids is 1. The van der Waals surface area contributed by atoms with E-state index in [1.165, 1.54) is 18.9 Å². The molecule has 0 unspecified atom stereocenters. The second-order valence-electron chi connectivity index (χ2n) is 4.15. The highest BCUT2D eigenvalue weighted by atomic mass is 16.5. The summed E-state index contributed by atoms with van der Waals surface area (Å²) >= 11 is 0. The summed E-state index contributed by atoms with van der Waals surface area (Å²) in [7, 11) is 1.35. The molecule has 5 nitrogen and oxygen atoms in total. The predicted molar refractivity (Wildman–Crippen MR) is 74.3 cm³/mol. The molecular weight excluding hydrogens is 244 g/mol. The van der Waals surface area contributed by atoms with Gasteiger partial charge in [0.25, 0.3) is 0 Å². The van der Waals surface area contributed by atoms with Crippen LogP contribution in [0, 0.1) is 0 Å². The van der Waals surface area contributed by atoms with Crippen molar-refractivity contribution in [1.82, 2.24) is 0 Å². The van der Waals surface area contributed by atoms with Gasteiger partial charge in [-0.1, -0.05) is 0 Å². The molecule has 19 heavy (non-hydrogen) atoms. The van der Waals surface area contributed by atoms with Crippen molar-refractivity contribution in [1.29, 1.82) is 0 Å². The fraction of sp³-hybridized carbons (Fsp3) is 0.357. The Bertz CT molecular complexity index is 437. The molecule has 1 aromatic carbocycles. The molecule has 0 bridgehead atoms. The molecule has 0 spiro atoms. The van der Waals surface area contributed by atoms with E-state index in [-0.39, 0.29) is 5.97 Å². The number of nitrogens with one attached hydrogen (secondary N) is 1. The first-order chi connectivity index (χ1) is 9.29. The first-order valence-electron chi connectivity index (χ1n) is 6.23. The smallest absolute Gasteiger partial charge is 0.331 e. The Labute approximate surface area is 112 Å². The first-order valence-corrected chi connectivity index (χ1v) is 6.23. The van der Waals surface area contributed by atoms with E-state index in [9.17, 15) is 4.79 Å². The molecule has 1 heterocycles. The van der Waals surface area contributed by atoms with Crippen LogP contribution in [-0.4, -0.2) is 39.4 Å². The Hall–Kier alpha value is -2.01. The highest BCUT2D eigenvalue weighted by molar-refractivity contribution is 5.82. The van der Waals surface area contributed by atoms with Crippen LogP contribution in [0.25, 0.3) is 0 Å². The number of morpholine rings is 1. The third-order valence-corrected chi connectivity index (χ3v) is 2.91. The van der Waals surface area contributed by atoms with Gasteiger partial charge in [-0.2, -0.15) is 0 Å². The van der Waals surface area contributed by atoms with Crippen LogP contribution in [0.15, 0.2) is 36.5 Å². The maximum atomic E-state index is 10.9. The molecule has 1 fully saturated rings. The zero-order chi connectivity index (χ0) is 13.5. The Morgan fingerprint density at radius 2 is 2.00 bits per heavy atom. The minimum atomic E-state index is -0.377. The second kappa shape index (κ2) is 6.80. The van der Waals surface area contributed by atoms with Gasteiger partial charge in [-0.05, 0) is 24.3 Å². The van der Waals surface area contributed by atoms with E-state index in [0.717, 1.165) is 32.0 Å². The minimum Gasteiger partial charge on any atom is -0.466 e. The summed E-state index contributed by atoms with van der Waals surface area (Å²) in [6, 6.07) is 8.07. The lowest BCUT2D eigenvalue weighted by Gasteiger charge is -2.28. The van der Waals surface area contributed by atoms with Gasteiger partial charge in [-0.25, -0.2) is 4.79 Å². The van der Waals surface area contributed by atoms with Crippen molar-refractivity contribution in [2.75, 3.05) is 43.6 Å². The monoisotopic (exact) mass is 262 g/mol. The molecule has 0 atom stereocenters. The lowest BCUT2D eigenvalue weighted by molar-refractivity contribution is -0.134. The zero-order valence-electron chi connectivity index (χ0n) is 11.0. The number of hydrogen-bond donors (Lipinski definition) is 1. The average molecular weight is 262 g/mol. The van der Waals surface area contributed by atoms with E-state index in [1.54, 1.807) is 6.20 Å². The van der Waals surface area contributed by atoms with Crippen molar-refractivity contribution in [2.24, 2.45) is 0 Å². The lowest BCUT2D eigenvalue weighted by Crippen LogP contribution is -2.36. The summed E-state index contributed by atoms with van der Waals surface area (Å²) in [5.74, 6) is -0.377. The number of carbonyl (C=O) groups is 1. The van der Waals surface area contributed by atoms with Crippen molar-refractivity contribution in [3.63, 3.8) is 0 Å². The molecular formula is C14H18N2O3. The van der Waals surface area contributed by atoms with Crippen LogP contribution >= 0.6 is 0 Å². The van der Waals surface area contributed by atoms with Crippen LogP contribution in [0.4, 0.5) is 11.4 Å². The molecule has 2 rings (SSSR count). The Morgan fingerprint density at radius 1 is 1.32 bits per heavy atom. The number of ether oxygens (including phenoxy) is 2. The summed E-state index contributed by atoms with van der Waals surface area (Å²) < 4.78 is 9.83. The average Bonchev–Trinajstić information content (AvgIpc) is 2.48. The summed E-state index contributed by atoms with van der Waals surface area (Å²) in [5, 5.41) is 3.02. The van der Waals surface area contributed by atoms with E-state index in [0.29, 0.717) is 0 Å². The maximum absolute atomic E-state index is 10.9. The van der Waals surface area contributed by atoms with Gasteiger partial charge >= 0.3 is 5.97 Å². The molecule has 1 saturated heterocycles. The molecule has 0 aromatic heterocycles. The third kappa shape index (κ3) is 3.99. The van der Waals surface area contributed by atoms with Gasteiger partial charge in [0.15, 0.2) is 0 Å². The minimum absolute atomic E-state index is 0.377. The molecule has 0 saturated carbocycles. The standard InChI is InChI=1S/C14H18N2O3/c1-18-14(17)6-7-15-12-2-4-13(5-3-12)16-8-10-19-11-9-16/h2-7,15H,8-11H2,1H3/b7-6+. The van der Waals surface area contributed by atoms with Crippen LogP contribution in [0.2, 0.25) is 0 Å². The lowest BCUT2D eigenvalue weighted by atomic mass is 10.2. The third-order valence-electron chi connectivity index (χ3n) is 2.91. The van der Waals surface area contributed by atoms with Gasteiger partial charge in [0.2, 0.25) is 0 Å².